The molecule has 1 unspecified atom stereocenters. The van der Waals surface area contributed by atoms with E-state index >= 15 is 0 Å². The van der Waals surface area contributed by atoms with Crippen LogP contribution in [0.1, 0.15) is 40.2 Å². The molecule has 2 aromatic heterocycles. The number of thioether (sulfide) groups is 1. The molecule has 3 aromatic rings. The van der Waals surface area contributed by atoms with Gasteiger partial charge in [-0.15, -0.1) is 10.2 Å². The zero-order valence-electron chi connectivity index (χ0n) is 16.2. The van der Waals surface area contributed by atoms with E-state index in [0.717, 1.165) is 16.3 Å². The van der Waals surface area contributed by atoms with Crippen LogP contribution in [0.5, 0.6) is 0 Å². The summed E-state index contributed by atoms with van der Waals surface area (Å²) in [4.78, 5) is 14.9. The Hall–Kier alpha value is -2.08. The lowest BCUT2D eigenvalue weighted by Crippen LogP contribution is -2.45. The molecule has 0 aliphatic rings. The third kappa shape index (κ3) is 3.30. The quantitative estimate of drug-likeness (QED) is 0.628. The normalized spacial score (nSPS) is 13.1. The Morgan fingerprint density at radius 1 is 1.08 bits per heavy atom. The number of carbonyl (C=O) groups excluding carboxylic acids is 1. The van der Waals surface area contributed by atoms with Crippen molar-refractivity contribution in [3.05, 3.63) is 35.9 Å². The highest BCUT2D eigenvalue weighted by Gasteiger charge is 2.27. The Morgan fingerprint density at radius 3 is 2.38 bits per heavy atom. The van der Waals surface area contributed by atoms with Crippen molar-refractivity contribution in [2.45, 2.75) is 64.0 Å². The summed E-state index contributed by atoms with van der Waals surface area (Å²) in [5.41, 5.74) is 3.05. The van der Waals surface area contributed by atoms with Gasteiger partial charge in [0.1, 0.15) is 0 Å². The van der Waals surface area contributed by atoms with E-state index in [1.165, 1.54) is 22.7 Å². The van der Waals surface area contributed by atoms with Gasteiger partial charge in [0.25, 0.3) is 0 Å². The third-order valence-electron chi connectivity index (χ3n) is 4.57. The minimum atomic E-state index is -0.229. The minimum absolute atomic E-state index is 0.133. The van der Waals surface area contributed by atoms with Crippen molar-refractivity contribution in [1.29, 1.82) is 0 Å². The van der Waals surface area contributed by atoms with Crippen molar-refractivity contribution in [3.63, 3.8) is 0 Å². The molecule has 0 N–H and O–H groups in total. The smallest absolute Gasteiger partial charge is 0.236 e. The van der Waals surface area contributed by atoms with Crippen molar-refractivity contribution in [2.24, 2.45) is 0 Å². The standard InChI is InChI=1S/C20H26N4OS/c1-12(2)23(13(3)4)19(25)15(6)26-20-22-21-18-11-14(5)16-9-7-8-10-17(16)24(18)20/h7-13,15H,1-6H3. The topological polar surface area (TPSA) is 50.5 Å². The van der Waals surface area contributed by atoms with Crippen LogP contribution in [0.2, 0.25) is 0 Å². The molecule has 1 aromatic carbocycles. The first-order chi connectivity index (χ1) is 12.3. The van der Waals surface area contributed by atoms with Gasteiger partial charge in [0, 0.05) is 17.5 Å². The van der Waals surface area contributed by atoms with E-state index in [4.69, 9.17) is 0 Å². The summed E-state index contributed by atoms with van der Waals surface area (Å²) < 4.78 is 2.05. The lowest BCUT2D eigenvalue weighted by molar-refractivity contribution is -0.133. The first-order valence-electron chi connectivity index (χ1n) is 9.03. The van der Waals surface area contributed by atoms with Gasteiger partial charge in [-0.05, 0) is 59.2 Å². The molecular weight excluding hydrogens is 344 g/mol. The number of para-hydroxylation sites is 1. The number of hydrogen-bond acceptors (Lipinski definition) is 4. The van der Waals surface area contributed by atoms with Crippen LogP contribution in [0, 0.1) is 6.92 Å². The van der Waals surface area contributed by atoms with Crippen LogP contribution in [0.4, 0.5) is 0 Å². The zero-order valence-corrected chi connectivity index (χ0v) is 17.0. The van der Waals surface area contributed by atoms with Crippen molar-refractivity contribution in [1.82, 2.24) is 19.5 Å². The largest absolute Gasteiger partial charge is 0.337 e. The summed E-state index contributed by atoms with van der Waals surface area (Å²) in [6, 6.07) is 10.6. The summed E-state index contributed by atoms with van der Waals surface area (Å²) in [6.07, 6.45) is 0. The van der Waals surface area contributed by atoms with Crippen molar-refractivity contribution < 1.29 is 4.79 Å². The van der Waals surface area contributed by atoms with Crippen LogP contribution >= 0.6 is 11.8 Å². The van der Waals surface area contributed by atoms with Gasteiger partial charge >= 0.3 is 0 Å². The molecule has 0 saturated heterocycles. The molecule has 0 aliphatic heterocycles. The Balaban J connectivity index is 1.99. The average Bonchev–Trinajstić information content (AvgIpc) is 2.97. The highest BCUT2D eigenvalue weighted by molar-refractivity contribution is 8.00. The van der Waals surface area contributed by atoms with Crippen LogP contribution in [0.3, 0.4) is 0 Å². The number of nitrogens with zero attached hydrogens (tertiary/aromatic N) is 4. The molecule has 2 heterocycles. The Kier molecular flexibility index (Phi) is 5.23. The summed E-state index contributed by atoms with van der Waals surface area (Å²) in [6.45, 7) is 12.2. The second-order valence-corrected chi connectivity index (χ2v) is 8.52. The number of aryl methyl sites for hydroxylation is 1. The molecule has 1 atom stereocenters. The number of benzene rings is 1. The second-order valence-electron chi connectivity index (χ2n) is 7.21. The maximum absolute atomic E-state index is 13.0. The maximum Gasteiger partial charge on any atom is 0.236 e. The van der Waals surface area contributed by atoms with E-state index in [0.29, 0.717) is 0 Å². The number of fused-ring (bicyclic) bond motifs is 3. The molecule has 5 nitrogen and oxygen atoms in total. The predicted octanol–water partition coefficient (Wildman–Crippen LogP) is 4.32. The van der Waals surface area contributed by atoms with Crippen LogP contribution in [-0.4, -0.2) is 42.7 Å². The number of rotatable bonds is 5. The summed E-state index contributed by atoms with van der Waals surface area (Å²) in [5.74, 6) is 0.133. The summed E-state index contributed by atoms with van der Waals surface area (Å²) >= 11 is 1.47. The van der Waals surface area contributed by atoms with E-state index in [1.54, 1.807) is 0 Å². The fourth-order valence-corrected chi connectivity index (χ4v) is 4.40. The zero-order chi connectivity index (χ0) is 19.0. The lowest BCUT2D eigenvalue weighted by Gasteiger charge is -2.32. The van der Waals surface area contributed by atoms with Gasteiger partial charge in [0.15, 0.2) is 10.8 Å². The van der Waals surface area contributed by atoms with Gasteiger partial charge in [-0.3, -0.25) is 9.20 Å². The van der Waals surface area contributed by atoms with Crippen LogP contribution in [0.25, 0.3) is 16.6 Å². The lowest BCUT2D eigenvalue weighted by atomic mass is 10.1. The molecule has 0 bridgehead atoms. The number of pyridine rings is 1. The highest BCUT2D eigenvalue weighted by atomic mass is 32.2. The molecular formula is C20H26N4OS. The average molecular weight is 371 g/mol. The molecule has 1 amide bonds. The van der Waals surface area contributed by atoms with Gasteiger partial charge in [-0.2, -0.15) is 0 Å². The fraction of sp³-hybridized carbons (Fsp3) is 0.450. The monoisotopic (exact) mass is 370 g/mol. The molecule has 138 valence electrons. The minimum Gasteiger partial charge on any atom is -0.337 e. The predicted molar refractivity (Wildman–Crippen MR) is 108 cm³/mol. The Morgan fingerprint density at radius 2 is 1.73 bits per heavy atom. The number of carbonyl (C=O) groups is 1. The van der Waals surface area contributed by atoms with Gasteiger partial charge < -0.3 is 4.90 Å². The summed E-state index contributed by atoms with van der Waals surface area (Å²) in [7, 11) is 0. The highest BCUT2D eigenvalue weighted by Crippen LogP contribution is 2.29. The molecule has 0 aliphatic carbocycles. The van der Waals surface area contributed by atoms with E-state index < -0.39 is 0 Å². The number of amides is 1. The number of aromatic nitrogens is 3. The first-order valence-corrected chi connectivity index (χ1v) is 9.91. The van der Waals surface area contributed by atoms with Gasteiger partial charge in [0.05, 0.1) is 10.8 Å². The SMILES string of the molecule is Cc1cc2nnc(SC(C)C(=O)N(C(C)C)C(C)C)n2c2ccccc12. The molecule has 0 radical (unpaired) electrons. The van der Waals surface area contributed by atoms with Crippen LogP contribution in [-0.2, 0) is 4.79 Å². The van der Waals surface area contributed by atoms with E-state index in [9.17, 15) is 4.79 Å². The maximum atomic E-state index is 13.0. The second kappa shape index (κ2) is 7.27. The molecule has 0 saturated carbocycles. The van der Waals surface area contributed by atoms with E-state index in [2.05, 4.69) is 56.9 Å². The van der Waals surface area contributed by atoms with Crippen molar-refractivity contribution in [2.75, 3.05) is 0 Å². The van der Waals surface area contributed by atoms with Crippen molar-refractivity contribution >= 4 is 34.2 Å². The Bertz CT molecular complexity index is 940. The van der Waals surface area contributed by atoms with Gasteiger partial charge in [-0.25, -0.2) is 0 Å². The molecule has 3 rings (SSSR count). The van der Waals surface area contributed by atoms with Crippen LogP contribution < -0.4 is 0 Å². The molecule has 6 heteroatoms. The third-order valence-corrected chi connectivity index (χ3v) is 5.60. The fourth-order valence-electron chi connectivity index (χ4n) is 3.47. The molecule has 0 spiro atoms. The molecule has 26 heavy (non-hydrogen) atoms. The summed E-state index contributed by atoms with van der Waals surface area (Å²) in [5, 5.41) is 10.4. The van der Waals surface area contributed by atoms with Gasteiger partial charge in [-0.1, -0.05) is 30.0 Å². The molecule has 0 fully saturated rings. The number of hydrogen-bond donors (Lipinski definition) is 0. The first kappa shape index (κ1) is 18.7. The van der Waals surface area contributed by atoms with Crippen LogP contribution in [0.15, 0.2) is 35.5 Å². The van der Waals surface area contributed by atoms with E-state index in [-0.39, 0.29) is 23.2 Å². The van der Waals surface area contributed by atoms with Crippen molar-refractivity contribution in [3.8, 4) is 0 Å². The van der Waals surface area contributed by atoms with E-state index in [1.807, 2.05) is 34.4 Å². The van der Waals surface area contributed by atoms with Gasteiger partial charge in [0.2, 0.25) is 5.91 Å². The Labute approximate surface area is 158 Å².